The van der Waals surface area contributed by atoms with Crippen LogP contribution < -0.4 is 5.32 Å². The number of amides is 1. The number of hydrogen-bond acceptors (Lipinski definition) is 3. The Morgan fingerprint density at radius 3 is 2.71 bits per heavy atom. The van der Waals surface area contributed by atoms with E-state index in [2.05, 4.69) is 5.32 Å². The molecule has 1 rings (SSSR count). The van der Waals surface area contributed by atoms with Crippen LogP contribution in [0, 0.1) is 15.9 Å². The van der Waals surface area contributed by atoms with Crippen molar-refractivity contribution in [1.82, 2.24) is 0 Å². The molecular formula is C8H7FN2O3. The Labute approximate surface area is 78.7 Å². The molecule has 0 unspecified atom stereocenters. The van der Waals surface area contributed by atoms with E-state index in [1.807, 2.05) is 0 Å². The third-order valence-corrected chi connectivity index (χ3v) is 1.49. The molecule has 14 heavy (non-hydrogen) atoms. The van der Waals surface area contributed by atoms with Crippen LogP contribution in [0.2, 0.25) is 0 Å². The van der Waals surface area contributed by atoms with E-state index in [-0.39, 0.29) is 5.69 Å². The number of hydrogen-bond donors (Lipinski definition) is 1. The highest BCUT2D eigenvalue weighted by atomic mass is 19.1. The van der Waals surface area contributed by atoms with Crippen LogP contribution in [0.3, 0.4) is 0 Å². The molecule has 1 aromatic carbocycles. The molecule has 74 valence electrons. The number of halogens is 1. The van der Waals surface area contributed by atoms with Crippen LogP contribution in [0.4, 0.5) is 15.8 Å². The van der Waals surface area contributed by atoms with Crippen LogP contribution >= 0.6 is 0 Å². The summed E-state index contributed by atoms with van der Waals surface area (Å²) in [6.45, 7) is 1.19. The molecule has 0 atom stereocenters. The molecular weight excluding hydrogens is 191 g/mol. The van der Waals surface area contributed by atoms with Crippen molar-refractivity contribution in [1.29, 1.82) is 0 Å². The van der Waals surface area contributed by atoms with Crippen LogP contribution in [0.15, 0.2) is 18.2 Å². The van der Waals surface area contributed by atoms with Gasteiger partial charge in [0.25, 0.3) is 0 Å². The Balaban J connectivity index is 3.13. The number of nitro benzene ring substituents is 1. The summed E-state index contributed by atoms with van der Waals surface area (Å²) in [4.78, 5) is 20.1. The lowest BCUT2D eigenvalue weighted by Gasteiger charge is -2.02. The zero-order valence-corrected chi connectivity index (χ0v) is 7.28. The van der Waals surface area contributed by atoms with Gasteiger partial charge in [-0.1, -0.05) is 6.07 Å². The maximum Gasteiger partial charge on any atom is 0.306 e. The fourth-order valence-corrected chi connectivity index (χ4v) is 0.947. The van der Waals surface area contributed by atoms with Crippen LogP contribution in [0.25, 0.3) is 0 Å². The van der Waals surface area contributed by atoms with Crippen molar-refractivity contribution in [3.8, 4) is 0 Å². The minimum atomic E-state index is -1.03. The first-order valence-electron chi connectivity index (χ1n) is 3.73. The average Bonchev–Trinajstić information content (AvgIpc) is 2.07. The van der Waals surface area contributed by atoms with E-state index in [0.29, 0.717) is 0 Å². The molecule has 0 radical (unpaired) electrons. The van der Waals surface area contributed by atoms with Crippen LogP contribution in [0.1, 0.15) is 6.92 Å². The first-order valence-corrected chi connectivity index (χ1v) is 3.73. The minimum Gasteiger partial charge on any atom is -0.324 e. The van der Waals surface area contributed by atoms with Crippen molar-refractivity contribution in [2.24, 2.45) is 0 Å². The number of carbonyl (C=O) groups excluding carboxylic acids is 1. The second-order valence-corrected chi connectivity index (χ2v) is 2.58. The van der Waals surface area contributed by atoms with Crippen molar-refractivity contribution in [2.45, 2.75) is 6.92 Å². The maximum absolute atomic E-state index is 13.2. The molecule has 6 heteroatoms. The van der Waals surface area contributed by atoms with Gasteiger partial charge >= 0.3 is 5.69 Å². The van der Waals surface area contributed by atoms with E-state index in [4.69, 9.17) is 0 Å². The van der Waals surface area contributed by atoms with Gasteiger partial charge in [0.15, 0.2) is 0 Å². The topological polar surface area (TPSA) is 72.2 Å². The number of nitrogens with zero attached hydrogens (tertiary/aromatic N) is 1. The maximum atomic E-state index is 13.2. The number of carbonyl (C=O) groups is 1. The van der Waals surface area contributed by atoms with E-state index in [1.165, 1.54) is 19.1 Å². The summed E-state index contributed by atoms with van der Waals surface area (Å²) >= 11 is 0. The molecule has 0 aliphatic carbocycles. The molecule has 1 aromatic rings. The molecule has 0 aromatic heterocycles. The van der Waals surface area contributed by atoms with E-state index >= 15 is 0 Å². The van der Waals surface area contributed by atoms with Gasteiger partial charge in [-0.2, -0.15) is 4.39 Å². The van der Waals surface area contributed by atoms with Crippen molar-refractivity contribution in [3.63, 3.8) is 0 Å². The largest absolute Gasteiger partial charge is 0.324 e. The monoisotopic (exact) mass is 198 g/mol. The summed E-state index contributed by atoms with van der Waals surface area (Å²) in [6.07, 6.45) is 0. The lowest BCUT2D eigenvalue weighted by atomic mass is 10.2. The third kappa shape index (κ3) is 2.03. The molecule has 0 spiro atoms. The molecule has 0 saturated heterocycles. The molecule has 0 fully saturated rings. The molecule has 1 amide bonds. The molecule has 0 aliphatic heterocycles. The van der Waals surface area contributed by atoms with E-state index in [0.717, 1.165) is 6.07 Å². The fraction of sp³-hybridized carbons (Fsp3) is 0.125. The van der Waals surface area contributed by atoms with E-state index in [9.17, 15) is 19.3 Å². The van der Waals surface area contributed by atoms with Gasteiger partial charge in [-0.25, -0.2) is 0 Å². The molecule has 0 aliphatic rings. The predicted octanol–water partition coefficient (Wildman–Crippen LogP) is 1.69. The summed E-state index contributed by atoms with van der Waals surface area (Å²) in [7, 11) is 0. The molecule has 5 nitrogen and oxygen atoms in total. The van der Waals surface area contributed by atoms with Gasteiger partial charge in [0.2, 0.25) is 11.7 Å². The van der Waals surface area contributed by atoms with Crippen molar-refractivity contribution in [3.05, 3.63) is 34.1 Å². The highest BCUT2D eigenvalue weighted by Gasteiger charge is 2.17. The molecule has 0 bridgehead atoms. The summed E-state index contributed by atoms with van der Waals surface area (Å²) in [5, 5.41) is 12.5. The number of nitrogens with one attached hydrogen (secondary N) is 1. The Morgan fingerprint density at radius 1 is 1.57 bits per heavy atom. The van der Waals surface area contributed by atoms with E-state index < -0.39 is 22.3 Å². The van der Waals surface area contributed by atoms with Gasteiger partial charge in [-0.05, 0) is 6.07 Å². The van der Waals surface area contributed by atoms with Crippen LogP contribution in [0.5, 0.6) is 0 Å². The van der Waals surface area contributed by atoms with Gasteiger partial charge in [0.1, 0.15) is 0 Å². The third-order valence-electron chi connectivity index (χ3n) is 1.49. The summed E-state index contributed by atoms with van der Waals surface area (Å²) in [5.41, 5.74) is -0.844. The Bertz CT molecular complexity index is 392. The summed E-state index contributed by atoms with van der Waals surface area (Å²) in [5.74, 6) is -1.52. The van der Waals surface area contributed by atoms with Gasteiger partial charge in [0, 0.05) is 13.0 Å². The van der Waals surface area contributed by atoms with Crippen molar-refractivity contribution in [2.75, 3.05) is 5.32 Å². The summed E-state index contributed by atoms with van der Waals surface area (Å²) in [6, 6.07) is 3.58. The predicted molar refractivity (Wildman–Crippen MR) is 47.4 cm³/mol. The van der Waals surface area contributed by atoms with Crippen LogP contribution in [-0.4, -0.2) is 10.8 Å². The fourth-order valence-electron chi connectivity index (χ4n) is 0.947. The van der Waals surface area contributed by atoms with Gasteiger partial charge in [-0.3, -0.25) is 14.9 Å². The zero-order valence-electron chi connectivity index (χ0n) is 7.28. The minimum absolute atomic E-state index is 0.188. The van der Waals surface area contributed by atoms with Gasteiger partial charge in [0.05, 0.1) is 10.6 Å². The number of anilines is 1. The highest BCUT2D eigenvalue weighted by molar-refractivity contribution is 5.89. The number of rotatable bonds is 2. The number of benzene rings is 1. The SMILES string of the molecule is CC(=O)Nc1cccc([N+](=O)[O-])c1F. The van der Waals surface area contributed by atoms with Crippen LogP contribution in [-0.2, 0) is 4.79 Å². The van der Waals surface area contributed by atoms with Gasteiger partial charge in [-0.15, -0.1) is 0 Å². The second kappa shape index (κ2) is 3.82. The second-order valence-electron chi connectivity index (χ2n) is 2.58. The summed E-state index contributed by atoms with van der Waals surface area (Å²) < 4.78 is 13.2. The first-order chi connectivity index (χ1) is 6.52. The Kier molecular flexibility index (Phi) is 2.76. The normalized spacial score (nSPS) is 9.57. The lowest BCUT2D eigenvalue weighted by Crippen LogP contribution is -2.08. The van der Waals surface area contributed by atoms with Gasteiger partial charge < -0.3 is 5.32 Å². The Morgan fingerprint density at radius 2 is 2.21 bits per heavy atom. The Hall–Kier alpha value is -1.98. The first kappa shape index (κ1) is 10.1. The molecule has 1 N–H and O–H groups in total. The standard InChI is InChI=1S/C8H7FN2O3/c1-5(12)10-6-3-2-4-7(8(6)9)11(13)14/h2-4H,1H3,(H,10,12). The smallest absolute Gasteiger partial charge is 0.306 e. The zero-order chi connectivity index (χ0) is 10.7. The highest BCUT2D eigenvalue weighted by Crippen LogP contribution is 2.23. The molecule has 0 heterocycles. The quantitative estimate of drug-likeness (QED) is 0.580. The van der Waals surface area contributed by atoms with Crippen molar-refractivity contribution < 1.29 is 14.1 Å². The van der Waals surface area contributed by atoms with Crippen molar-refractivity contribution >= 4 is 17.3 Å². The van der Waals surface area contributed by atoms with E-state index in [1.54, 1.807) is 0 Å². The average molecular weight is 198 g/mol. The lowest BCUT2D eigenvalue weighted by molar-refractivity contribution is -0.387. The molecule has 0 saturated carbocycles. The number of nitro groups is 1.